The van der Waals surface area contributed by atoms with E-state index in [0.717, 1.165) is 25.7 Å². The molecule has 1 heterocycles. The van der Waals surface area contributed by atoms with Gasteiger partial charge in [-0.05, 0) is 19.1 Å². The summed E-state index contributed by atoms with van der Waals surface area (Å²) in [6.07, 6.45) is 13.1. The Balaban J connectivity index is 2.00. The molecule has 19 heavy (non-hydrogen) atoms. The van der Waals surface area contributed by atoms with Crippen molar-refractivity contribution in [2.75, 3.05) is 6.26 Å². The standard InChI is InChI=1S/C15H25NO2S/c1-19-13-11-14(17)16(15(13)18)12-9-7-5-3-2-4-6-8-10-12/h12-13H,2-11H2,1H3. The Morgan fingerprint density at radius 3 is 1.95 bits per heavy atom. The highest BCUT2D eigenvalue weighted by Crippen LogP contribution is 2.29. The Labute approximate surface area is 120 Å². The van der Waals surface area contributed by atoms with Gasteiger partial charge in [-0.3, -0.25) is 14.5 Å². The average molecular weight is 283 g/mol. The highest BCUT2D eigenvalue weighted by molar-refractivity contribution is 8.00. The van der Waals surface area contributed by atoms with Crippen LogP contribution in [0.4, 0.5) is 0 Å². The quantitative estimate of drug-likeness (QED) is 0.729. The predicted octanol–water partition coefficient (Wildman–Crippen LogP) is 3.37. The van der Waals surface area contributed by atoms with Crippen LogP contribution >= 0.6 is 11.8 Å². The van der Waals surface area contributed by atoms with Crippen LogP contribution in [0, 0.1) is 0 Å². The summed E-state index contributed by atoms with van der Waals surface area (Å²) in [4.78, 5) is 26.0. The highest BCUT2D eigenvalue weighted by atomic mass is 32.2. The Hall–Kier alpha value is -0.510. The second-order valence-electron chi connectivity index (χ2n) is 5.74. The van der Waals surface area contributed by atoms with Gasteiger partial charge in [-0.15, -0.1) is 0 Å². The van der Waals surface area contributed by atoms with E-state index in [1.807, 2.05) is 6.26 Å². The zero-order chi connectivity index (χ0) is 13.7. The van der Waals surface area contributed by atoms with E-state index in [4.69, 9.17) is 0 Å². The van der Waals surface area contributed by atoms with Crippen LogP contribution in [0.5, 0.6) is 0 Å². The first-order chi connectivity index (χ1) is 9.24. The summed E-state index contributed by atoms with van der Waals surface area (Å²) in [5, 5.41) is -0.122. The molecule has 2 fully saturated rings. The molecule has 1 unspecified atom stereocenters. The molecule has 0 aromatic rings. The third-order valence-corrected chi connectivity index (χ3v) is 5.30. The largest absolute Gasteiger partial charge is 0.278 e. The fourth-order valence-electron chi connectivity index (χ4n) is 3.24. The fourth-order valence-corrected chi connectivity index (χ4v) is 3.86. The summed E-state index contributed by atoms with van der Waals surface area (Å²) in [5.74, 6) is 0.131. The molecule has 0 aromatic carbocycles. The maximum absolute atomic E-state index is 12.3. The van der Waals surface area contributed by atoms with Crippen molar-refractivity contribution in [2.24, 2.45) is 0 Å². The van der Waals surface area contributed by atoms with Crippen molar-refractivity contribution < 1.29 is 9.59 Å². The minimum absolute atomic E-state index is 0.0615. The molecule has 4 heteroatoms. The third-order valence-electron chi connectivity index (χ3n) is 4.37. The van der Waals surface area contributed by atoms with Crippen molar-refractivity contribution in [2.45, 2.75) is 75.5 Å². The molecular formula is C15H25NO2S. The van der Waals surface area contributed by atoms with Crippen molar-refractivity contribution in [3.8, 4) is 0 Å². The minimum Gasteiger partial charge on any atom is -0.278 e. The first-order valence-corrected chi connectivity index (χ1v) is 8.91. The van der Waals surface area contributed by atoms with E-state index in [0.29, 0.717) is 6.42 Å². The van der Waals surface area contributed by atoms with E-state index in [9.17, 15) is 9.59 Å². The van der Waals surface area contributed by atoms with Gasteiger partial charge in [0.15, 0.2) is 0 Å². The number of nitrogens with zero attached hydrogens (tertiary/aromatic N) is 1. The van der Waals surface area contributed by atoms with E-state index < -0.39 is 0 Å². The summed E-state index contributed by atoms with van der Waals surface area (Å²) in [7, 11) is 0. The Bertz CT molecular complexity index is 322. The van der Waals surface area contributed by atoms with Gasteiger partial charge in [-0.25, -0.2) is 0 Å². The Kier molecular flexibility index (Phi) is 5.74. The van der Waals surface area contributed by atoms with Crippen LogP contribution in [0.1, 0.15) is 64.2 Å². The van der Waals surface area contributed by atoms with Crippen molar-refractivity contribution >= 4 is 23.6 Å². The number of rotatable bonds is 2. The molecule has 3 nitrogen and oxygen atoms in total. The van der Waals surface area contributed by atoms with Gasteiger partial charge in [0.1, 0.15) is 0 Å². The average Bonchev–Trinajstić information content (AvgIpc) is 2.71. The molecule has 2 aliphatic rings. The molecular weight excluding hydrogens is 258 g/mol. The summed E-state index contributed by atoms with van der Waals surface area (Å²) < 4.78 is 0. The van der Waals surface area contributed by atoms with E-state index in [1.165, 1.54) is 43.9 Å². The molecule has 0 spiro atoms. The number of carbonyl (C=O) groups is 2. The number of hydrogen-bond donors (Lipinski definition) is 0. The highest BCUT2D eigenvalue weighted by Gasteiger charge is 2.41. The topological polar surface area (TPSA) is 37.4 Å². The number of hydrogen-bond acceptors (Lipinski definition) is 3. The van der Waals surface area contributed by atoms with Gasteiger partial charge in [0.25, 0.3) is 0 Å². The molecule has 2 rings (SSSR count). The summed E-state index contributed by atoms with van der Waals surface area (Å²) in [6.45, 7) is 0. The van der Waals surface area contributed by atoms with E-state index >= 15 is 0 Å². The van der Waals surface area contributed by atoms with Crippen LogP contribution < -0.4 is 0 Å². The van der Waals surface area contributed by atoms with Crippen molar-refractivity contribution in [1.29, 1.82) is 0 Å². The van der Waals surface area contributed by atoms with E-state index in [1.54, 1.807) is 4.90 Å². The fraction of sp³-hybridized carbons (Fsp3) is 0.867. The summed E-state index contributed by atoms with van der Waals surface area (Å²) in [5.41, 5.74) is 0. The molecule has 0 radical (unpaired) electrons. The molecule has 1 saturated heterocycles. The number of likely N-dealkylation sites (tertiary alicyclic amines) is 1. The lowest BCUT2D eigenvalue weighted by atomic mass is 9.96. The van der Waals surface area contributed by atoms with Crippen LogP contribution in [0.2, 0.25) is 0 Å². The lowest BCUT2D eigenvalue weighted by molar-refractivity contribution is -0.141. The second kappa shape index (κ2) is 7.32. The van der Waals surface area contributed by atoms with Crippen LogP contribution in [-0.2, 0) is 9.59 Å². The van der Waals surface area contributed by atoms with Gasteiger partial charge < -0.3 is 0 Å². The first-order valence-electron chi connectivity index (χ1n) is 7.62. The number of amides is 2. The van der Waals surface area contributed by atoms with Gasteiger partial charge in [0.2, 0.25) is 11.8 Å². The molecule has 1 aliphatic heterocycles. The predicted molar refractivity (Wildman–Crippen MR) is 79.1 cm³/mol. The van der Waals surface area contributed by atoms with Crippen molar-refractivity contribution in [3.05, 3.63) is 0 Å². The van der Waals surface area contributed by atoms with Crippen LogP contribution in [0.15, 0.2) is 0 Å². The van der Waals surface area contributed by atoms with Gasteiger partial charge in [-0.2, -0.15) is 11.8 Å². The molecule has 1 saturated carbocycles. The third kappa shape index (κ3) is 3.74. The smallest absolute Gasteiger partial charge is 0.243 e. The molecule has 0 N–H and O–H groups in total. The van der Waals surface area contributed by atoms with Gasteiger partial charge >= 0.3 is 0 Å². The Morgan fingerprint density at radius 1 is 0.947 bits per heavy atom. The first kappa shape index (κ1) is 14.9. The van der Waals surface area contributed by atoms with Gasteiger partial charge in [0, 0.05) is 12.5 Å². The number of thioether (sulfide) groups is 1. The molecule has 0 bridgehead atoms. The molecule has 108 valence electrons. The second-order valence-corrected chi connectivity index (χ2v) is 6.78. The molecule has 1 atom stereocenters. The summed E-state index contributed by atoms with van der Waals surface area (Å²) in [6, 6.07) is 0.176. The van der Waals surface area contributed by atoms with E-state index in [2.05, 4.69) is 0 Å². The normalized spacial score (nSPS) is 27.8. The zero-order valence-corrected chi connectivity index (χ0v) is 12.7. The maximum atomic E-state index is 12.3. The maximum Gasteiger partial charge on any atom is 0.243 e. The SMILES string of the molecule is CSC1CC(=O)N(C2CCCCCCCCC2)C1=O. The monoisotopic (exact) mass is 283 g/mol. The van der Waals surface area contributed by atoms with Gasteiger partial charge in [0.05, 0.1) is 5.25 Å². The van der Waals surface area contributed by atoms with Gasteiger partial charge in [-0.1, -0.05) is 44.9 Å². The Morgan fingerprint density at radius 2 is 1.47 bits per heavy atom. The van der Waals surface area contributed by atoms with Crippen LogP contribution in [0.25, 0.3) is 0 Å². The van der Waals surface area contributed by atoms with Crippen LogP contribution in [-0.4, -0.2) is 34.3 Å². The molecule has 1 aliphatic carbocycles. The van der Waals surface area contributed by atoms with Crippen molar-refractivity contribution in [1.82, 2.24) is 4.90 Å². The van der Waals surface area contributed by atoms with Crippen molar-refractivity contribution in [3.63, 3.8) is 0 Å². The minimum atomic E-state index is -0.122. The zero-order valence-electron chi connectivity index (χ0n) is 11.9. The molecule has 2 amide bonds. The lowest BCUT2D eigenvalue weighted by Gasteiger charge is -2.27. The van der Waals surface area contributed by atoms with Crippen LogP contribution in [0.3, 0.4) is 0 Å². The molecule has 0 aromatic heterocycles. The number of carbonyl (C=O) groups excluding carboxylic acids is 2. The lowest BCUT2D eigenvalue weighted by Crippen LogP contribution is -2.40. The number of imide groups is 1. The summed E-state index contributed by atoms with van der Waals surface area (Å²) >= 11 is 1.52. The van der Waals surface area contributed by atoms with E-state index in [-0.39, 0.29) is 23.1 Å².